The van der Waals surface area contributed by atoms with E-state index >= 15 is 0 Å². The maximum Gasteiger partial charge on any atom is 0.277 e. The van der Waals surface area contributed by atoms with Crippen molar-refractivity contribution < 1.29 is 18.3 Å². The van der Waals surface area contributed by atoms with Crippen LogP contribution in [0, 0.1) is 18.6 Å². The number of likely N-dealkylation sites (N-methyl/N-ethyl adjacent to an activating group) is 1. The lowest BCUT2D eigenvalue weighted by atomic mass is 9.62. The molecule has 1 aliphatic heterocycles. The highest BCUT2D eigenvalue weighted by atomic mass is 35.5. The Morgan fingerprint density at radius 3 is 2.58 bits per heavy atom. The number of ether oxygens (including phenoxy) is 1. The van der Waals surface area contributed by atoms with Crippen molar-refractivity contribution in [3.05, 3.63) is 74.6 Å². The average molecular weight is 441 g/mol. The number of aldehydes is 1. The van der Waals surface area contributed by atoms with Crippen LogP contribution in [0.1, 0.15) is 18.3 Å². The van der Waals surface area contributed by atoms with Gasteiger partial charge in [0.15, 0.2) is 0 Å². The van der Waals surface area contributed by atoms with Gasteiger partial charge in [0.1, 0.15) is 56.1 Å². The van der Waals surface area contributed by atoms with Crippen molar-refractivity contribution in [2.24, 2.45) is 0 Å². The van der Waals surface area contributed by atoms with E-state index in [-0.39, 0.29) is 10.8 Å². The number of hydrogen-bond donors (Lipinski definition) is 0. The summed E-state index contributed by atoms with van der Waals surface area (Å²) in [6.45, 7) is 3.39. The standard InChI is InChI=1S/C20H16B2ClF2N3O3/c1-10-8-27(3)13(9-29)6-15(10)28-11(2)4-16(17(23)19(28)30)31-20(21,22)18-14(25)5-12(24)7-26-18/h4-9,13H,1-3H3/t13-/m1/s1. The molecular formula is C20H16B2ClF2N3O3. The van der Waals surface area contributed by atoms with Gasteiger partial charge in [-0.2, -0.15) is 0 Å². The summed E-state index contributed by atoms with van der Waals surface area (Å²) in [5.74, 6) is -2.25. The largest absolute Gasteiger partial charge is 0.499 e. The molecule has 3 rings (SSSR count). The first-order chi connectivity index (χ1) is 14.5. The monoisotopic (exact) mass is 441 g/mol. The van der Waals surface area contributed by atoms with E-state index in [1.54, 1.807) is 38.1 Å². The van der Waals surface area contributed by atoms with Crippen LogP contribution in [0.5, 0.6) is 5.75 Å². The van der Waals surface area contributed by atoms with Crippen molar-refractivity contribution in [3.8, 4) is 5.75 Å². The second-order valence-electron chi connectivity index (χ2n) is 7.14. The van der Waals surface area contributed by atoms with Crippen LogP contribution >= 0.6 is 11.6 Å². The quantitative estimate of drug-likeness (QED) is 0.526. The van der Waals surface area contributed by atoms with Gasteiger partial charge < -0.3 is 14.4 Å². The van der Waals surface area contributed by atoms with Gasteiger partial charge in [0.2, 0.25) is 0 Å². The summed E-state index contributed by atoms with van der Waals surface area (Å²) in [4.78, 5) is 29.6. The molecule has 11 heteroatoms. The Balaban J connectivity index is 2.06. The molecule has 1 atom stereocenters. The molecule has 2 aromatic heterocycles. The van der Waals surface area contributed by atoms with Crippen LogP contribution in [0.2, 0.25) is 5.02 Å². The second kappa shape index (κ2) is 8.34. The zero-order chi connectivity index (χ0) is 23.1. The third-order valence-electron chi connectivity index (χ3n) is 4.74. The Morgan fingerprint density at radius 1 is 1.29 bits per heavy atom. The number of aromatic nitrogens is 2. The van der Waals surface area contributed by atoms with Crippen LogP contribution < -0.4 is 10.3 Å². The van der Waals surface area contributed by atoms with Gasteiger partial charge >= 0.3 is 0 Å². The molecule has 0 bridgehead atoms. The predicted octanol–water partition coefficient (Wildman–Crippen LogP) is 2.27. The van der Waals surface area contributed by atoms with E-state index in [4.69, 9.17) is 32.0 Å². The Labute approximate surface area is 185 Å². The smallest absolute Gasteiger partial charge is 0.277 e. The van der Waals surface area contributed by atoms with Crippen LogP contribution in [0.15, 0.2) is 41.0 Å². The van der Waals surface area contributed by atoms with E-state index in [2.05, 4.69) is 4.98 Å². The molecule has 2 aromatic rings. The molecule has 0 aromatic carbocycles. The Hall–Kier alpha value is -2.87. The van der Waals surface area contributed by atoms with Gasteiger partial charge in [0.25, 0.3) is 5.56 Å². The first-order valence-corrected chi connectivity index (χ1v) is 9.42. The summed E-state index contributed by atoms with van der Waals surface area (Å²) in [7, 11) is 13.4. The fourth-order valence-electron chi connectivity index (χ4n) is 3.24. The number of carbonyl (C=O) groups excluding carboxylic acids is 1. The molecule has 0 aliphatic carbocycles. The molecule has 3 heterocycles. The van der Waals surface area contributed by atoms with E-state index in [0.29, 0.717) is 17.5 Å². The molecule has 31 heavy (non-hydrogen) atoms. The van der Waals surface area contributed by atoms with E-state index in [0.717, 1.165) is 18.1 Å². The minimum absolute atomic E-state index is 0.210. The minimum Gasteiger partial charge on any atom is -0.499 e. The number of aryl methyl sites for hydroxylation is 1. The van der Waals surface area contributed by atoms with E-state index in [1.807, 2.05) is 0 Å². The van der Waals surface area contributed by atoms with Gasteiger partial charge in [-0.25, -0.2) is 8.78 Å². The van der Waals surface area contributed by atoms with Crippen molar-refractivity contribution >= 4 is 39.3 Å². The molecular weight excluding hydrogens is 425 g/mol. The Bertz CT molecular complexity index is 1180. The normalized spacial score (nSPS) is 16.6. The molecule has 6 nitrogen and oxygen atoms in total. The van der Waals surface area contributed by atoms with Crippen molar-refractivity contribution in [2.45, 2.75) is 25.3 Å². The zero-order valence-electron chi connectivity index (χ0n) is 16.9. The molecule has 0 spiro atoms. The highest BCUT2D eigenvalue weighted by molar-refractivity contribution is 6.39. The number of allylic oxidation sites excluding steroid dienone is 2. The molecule has 0 fully saturated rings. The number of nitrogens with zero attached hydrogens (tertiary/aromatic N) is 3. The molecule has 0 amide bonds. The molecule has 0 saturated heterocycles. The van der Waals surface area contributed by atoms with E-state index < -0.39 is 34.3 Å². The predicted molar refractivity (Wildman–Crippen MR) is 114 cm³/mol. The molecule has 0 N–H and O–H groups in total. The third kappa shape index (κ3) is 4.30. The van der Waals surface area contributed by atoms with Gasteiger partial charge in [0, 0.05) is 31.1 Å². The minimum atomic E-state index is -2.34. The van der Waals surface area contributed by atoms with Gasteiger partial charge in [-0.05, 0) is 25.5 Å². The lowest BCUT2D eigenvalue weighted by Gasteiger charge is -2.30. The van der Waals surface area contributed by atoms with Crippen molar-refractivity contribution in [1.29, 1.82) is 0 Å². The van der Waals surface area contributed by atoms with Crippen LogP contribution in [0.25, 0.3) is 5.70 Å². The van der Waals surface area contributed by atoms with Crippen LogP contribution in [0.4, 0.5) is 8.78 Å². The first kappa shape index (κ1) is 22.8. The lowest BCUT2D eigenvalue weighted by Crippen LogP contribution is -2.37. The van der Waals surface area contributed by atoms with Crippen LogP contribution in [0.3, 0.4) is 0 Å². The fourth-order valence-corrected chi connectivity index (χ4v) is 3.42. The summed E-state index contributed by atoms with van der Waals surface area (Å²) in [6.07, 6.45) is 4.82. The number of halogens is 3. The first-order valence-electron chi connectivity index (χ1n) is 9.05. The number of hydrogen-bond acceptors (Lipinski definition) is 5. The number of rotatable bonds is 5. The third-order valence-corrected chi connectivity index (χ3v) is 5.09. The van der Waals surface area contributed by atoms with Crippen LogP contribution in [-0.4, -0.2) is 49.5 Å². The van der Waals surface area contributed by atoms with Crippen molar-refractivity contribution in [1.82, 2.24) is 14.5 Å². The summed E-state index contributed by atoms with van der Waals surface area (Å²) >= 11 is 6.22. The maximum absolute atomic E-state index is 14.1. The average Bonchev–Trinajstić information content (AvgIpc) is 2.67. The summed E-state index contributed by atoms with van der Waals surface area (Å²) in [5, 5.41) is -2.71. The van der Waals surface area contributed by atoms with Gasteiger partial charge in [-0.1, -0.05) is 11.6 Å². The SMILES string of the molecule is [B]C([B])(Oc1cc(C)n(C2=C[C@H](C=O)N(C)C=C2C)c(=O)c1Cl)c1ncc(F)cc1F. The number of carbonyl (C=O) groups is 1. The molecule has 1 aliphatic rings. The Morgan fingerprint density at radius 2 is 1.97 bits per heavy atom. The maximum atomic E-state index is 14.1. The second-order valence-corrected chi connectivity index (χ2v) is 7.52. The molecule has 0 unspecified atom stereocenters. The molecule has 0 saturated carbocycles. The fraction of sp³-hybridized carbons (Fsp3) is 0.250. The van der Waals surface area contributed by atoms with E-state index in [9.17, 15) is 18.4 Å². The molecule has 156 valence electrons. The lowest BCUT2D eigenvalue weighted by molar-refractivity contribution is -0.110. The highest BCUT2D eigenvalue weighted by Crippen LogP contribution is 2.31. The van der Waals surface area contributed by atoms with Gasteiger partial charge in [0.05, 0.1) is 17.3 Å². The highest BCUT2D eigenvalue weighted by Gasteiger charge is 2.30. The summed E-state index contributed by atoms with van der Waals surface area (Å²) in [6, 6.07) is 1.38. The molecule has 4 radical (unpaired) electrons. The Kier molecular flexibility index (Phi) is 6.14. The topological polar surface area (TPSA) is 64.4 Å². The van der Waals surface area contributed by atoms with Crippen LogP contribution in [-0.2, 0) is 10.2 Å². The van der Waals surface area contributed by atoms with Gasteiger partial charge in [-0.3, -0.25) is 14.3 Å². The summed E-state index contributed by atoms with van der Waals surface area (Å²) in [5.41, 5.74) is 0.357. The zero-order valence-corrected chi connectivity index (χ0v) is 17.7. The van der Waals surface area contributed by atoms with Gasteiger partial charge in [-0.15, -0.1) is 0 Å². The van der Waals surface area contributed by atoms with E-state index in [1.165, 1.54) is 10.6 Å². The van der Waals surface area contributed by atoms with Crippen molar-refractivity contribution in [2.75, 3.05) is 7.05 Å². The number of pyridine rings is 2. The summed E-state index contributed by atoms with van der Waals surface area (Å²) < 4.78 is 33.9. The van der Waals surface area contributed by atoms with Crippen molar-refractivity contribution in [3.63, 3.8) is 0 Å².